The molecule has 1 amide bonds. The number of amides is 1. The Labute approximate surface area is 218 Å². The summed E-state index contributed by atoms with van der Waals surface area (Å²) >= 11 is -1.83. The van der Waals surface area contributed by atoms with E-state index >= 15 is 0 Å². The van der Waals surface area contributed by atoms with Crippen molar-refractivity contribution in [1.82, 2.24) is 14.2 Å². The van der Waals surface area contributed by atoms with Crippen LogP contribution >= 0.6 is 0 Å². The molecule has 2 N–H and O–H groups in total. The minimum Gasteiger partial charge on any atom is -0.587 e. The largest absolute Gasteiger partial charge is 0.587 e. The normalized spacial score (nSPS) is 12.7. The van der Waals surface area contributed by atoms with Crippen LogP contribution in [-0.4, -0.2) is 45.4 Å². The molecule has 0 saturated carbocycles. The number of ether oxygens (including phenoxy) is 1. The lowest BCUT2D eigenvalue weighted by Gasteiger charge is -2.24. The van der Waals surface area contributed by atoms with Gasteiger partial charge < -0.3 is 24.9 Å². The zero-order valence-corrected chi connectivity index (χ0v) is 22.2. The molecule has 1 atom stereocenters. The average Bonchev–Trinajstić information content (AvgIpc) is 3.24. The molecule has 0 aliphatic heterocycles. The molecule has 0 fully saturated rings. The lowest BCUT2D eigenvalue weighted by atomic mass is 10.1. The monoisotopic (exact) mass is 528 g/mol. The zero-order valence-electron chi connectivity index (χ0n) is 21.3. The summed E-state index contributed by atoms with van der Waals surface area (Å²) in [6.07, 6.45) is 3.86. The number of rotatable bonds is 8. The van der Waals surface area contributed by atoms with Crippen LogP contribution in [0.4, 0.5) is 13.6 Å². The minimum atomic E-state index is -1.83. The molecule has 37 heavy (non-hydrogen) atoms. The highest BCUT2D eigenvalue weighted by Gasteiger charge is 2.25. The predicted octanol–water partition coefficient (Wildman–Crippen LogP) is 5.58. The van der Waals surface area contributed by atoms with Crippen LogP contribution < -0.4 is 5.32 Å². The first-order valence-corrected chi connectivity index (χ1v) is 12.6. The van der Waals surface area contributed by atoms with E-state index in [1.807, 2.05) is 0 Å². The highest BCUT2D eigenvalue weighted by atomic mass is 32.2. The summed E-state index contributed by atoms with van der Waals surface area (Å²) in [5.41, 5.74) is 1.47. The van der Waals surface area contributed by atoms with Crippen molar-refractivity contribution in [2.45, 2.75) is 37.8 Å². The van der Waals surface area contributed by atoms with E-state index in [0.717, 1.165) is 12.1 Å². The predicted molar refractivity (Wildman–Crippen MR) is 142 cm³/mol. The molecule has 0 bridgehead atoms. The number of allylic oxidation sites excluding steroid dienone is 1. The first-order valence-electron chi connectivity index (χ1n) is 11.4. The van der Waals surface area contributed by atoms with E-state index in [0.29, 0.717) is 21.6 Å². The van der Waals surface area contributed by atoms with Crippen molar-refractivity contribution >= 4 is 29.2 Å². The van der Waals surface area contributed by atoms with Crippen LogP contribution in [0.25, 0.3) is 16.8 Å². The van der Waals surface area contributed by atoms with Gasteiger partial charge in [-0.1, -0.05) is 12.1 Å². The average molecular weight is 529 g/mol. The second-order valence-corrected chi connectivity index (χ2v) is 10.7. The topological polar surface area (TPSA) is 93.4 Å². The van der Waals surface area contributed by atoms with Crippen LogP contribution in [0.5, 0.6) is 0 Å². The minimum absolute atomic E-state index is 0.0623. The maximum atomic E-state index is 14.8. The Balaban J connectivity index is 2.05. The fourth-order valence-corrected chi connectivity index (χ4v) is 4.76. The Morgan fingerprint density at radius 3 is 2.57 bits per heavy atom. The smallest absolute Gasteiger partial charge is 0.410 e. The number of benzene rings is 2. The maximum absolute atomic E-state index is 14.8. The molecular weight excluding hydrogens is 498 g/mol. The molecule has 0 saturated heterocycles. The first-order chi connectivity index (χ1) is 17.4. The number of halogens is 2. The van der Waals surface area contributed by atoms with Crippen molar-refractivity contribution in [3.63, 3.8) is 0 Å². The molecule has 10 heteroatoms. The number of aromatic nitrogens is 1. The molecule has 2 aromatic carbocycles. The summed E-state index contributed by atoms with van der Waals surface area (Å²) in [6.45, 7) is 5.39. The molecule has 0 aliphatic carbocycles. The number of carbonyl (C=O) groups excluding carboxylic acids is 1. The molecule has 1 aromatic heterocycles. The third-order valence-electron chi connectivity index (χ3n) is 5.18. The number of carbonyl (C=O) groups is 1. The van der Waals surface area contributed by atoms with Gasteiger partial charge in [-0.2, -0.15) is 3.97 Å². The molecule has 0 radical (unpaired) electrons. The van der Waals surface area contributed by atoms with Gasteiger partial charge in [0, 0.05) is 49.8 Å². The van der Waals surface area contributed by atoms with E-state index in [9.17, 15) is 18.1 Å². The quantitative estimate of drug-likeness (QED) is 0.295. The van der Waals surface area contributed by atoms with Gasteiger partial charge in [-0.25, -0.2) is 13.6 Å². The standard InChI is InChI=1S/C27H30F2N4O3S/c1-27(2,3)36-26(34)32(5)16-18-11-25(23-10-9-21(28)13-24(23)29)33(17-18)37(35)22-8-6-7-19(12-22)20(14-30)15-31-4/h6-15,17,30-31H,16H2,1-5H3/b20-15+,30-14?. The summed E-state index contributed by atoms with van der Waals surface area (Å²) in [7, 11) is 3.28. The van der Waals surface area contributed by atoms with E-state index in [2.05, 4.69) is 5.32 Å². The van der Waals surface area contributed by atoms with Crippen molar-refractivity contribution in [2.75, 3.05) is 14.1 Å². The van der Waals surface area contributed by atoms with Gasteiger partial charge in [0.05, 0.1) is 12.7 Å². The maximum Gasteiger partial charge on any atom is 0.410 e. The number of hydrogen-bond donors (Lipinski definition) is 2. The summed E-state index contributed by atoms with van der Waals surface area (Å²) in [4.78, 5) is 14.2. The van der Waals surface area contributed by atoms with Gasteiger partial charge in [0.1, 0.15) is 34.3 Å². The van der Waals surface area contributed by atoms with Crippen molar-refractivity contribution in [3.8, 4) is 11.3 Å². The summed E-state index contributed by atoms with van der Waals surface area (Å²) in [5.74, 6) is -1.53. The molecule has 0 spiro atoms. The third-order valence-corrected chi connectivity index (χ3v) is 6.49. The molecule has 3 aromatic rings. The van der Waals surface area contributed by atoms with E-state index < -0.39 is 34.7 Å². The molecule has 1 unspecified atom stereocenters. The third kappa shape index (κ3) is 6.99. The van der Waals surface area contributed by atoms with Crippen LogP contribution in [0, 0.1) is 17.0 Å². The zero-order chi connectivity index (χ0) is 27.3. The highest BCUT2D eigenvalue weighted by molar-refractivity contribution is 7.90. The fraction of sp³-hybridized carbons (Fsp3) is 0.259. The Morgan fingerprint density at radius 1 is 1.22 bits per heavy atom. The Kier molecular flexibility index (Phi) is 8.77. The van der Waals surface area contributed by atoms with E-state index in [1.54, 1.807) is 77.6 Å². The van der Waals surface area contributed by atoms with Gasteiger partial charge in [-0.05, 0) is 56.2 Å². The van der Waals surface area contributed by atoms with E-state index in [4.69, 9.17) is 10.1 Å². The van der Waals surface area contributed by atoms with Gasteiger partial charge in [0.15, 0.2) is 4.90 Å². The molecule has 7 nitrogen and oxygen atoms in total. The summed E-state index contributed by atoms with van der Waals surface area (Å²) in [6, 6.07) is 11.6. The van der Waals surface area contributed by atoms with Crippen LogP contribution in [-0.2, 0) is 22.6 Å². The summed E-state index contributed by atoms with van der Waals surface area (Å²) in [5, 5.41) is 10.5. The van der Waals surface area contributed by atoms with Gasteiger partial charge in [0.25, 0.3) is 0 Å². The number of hydrogen-bond acceptors (Lipinski definition) is 5. The van der Waals surface area contributed by atoms with Crippen molar-refractivity contribution < 1.29 is 22.9 Å². The number of nitrogens with one attached hydrogen (secondary N) is 2. The molecule has 196 valence electrons. The van der Waals surface area contributed by atoms with Crippen molar-refractivity contribution in [2.24, 2.45) is 0 Å². The van der Waals surface area contributed by atoms with Gasteiger partial charge >= 0.3 is 6.09 Å². The Morgan fingerprint density at radius 2 is 1.95 bits per heavy atom. The van der Waals surface area contributed by atoms with Crippen LogP contribution in [0.1, 0.15) is 31.9 Å². The van der Waals surface area contributed by atoms with Crippen LogP contribution in [0.15, 0.2) is 65.8 Å². The molecule has 0 aliphatic rings. The molecular formula is C27H30F2N4O3S. The highest BCUT2D eigenvalue weighted by Crippen LogP contribution is 2.31. The van der Waals surface area contributed by atoms with Gasteiger partial charge in [-0.3, -0.25) is 0 Å². The Hall–Kier alpha value is -3.63. The van der Waals surface area contributed by atoms with Crippen molar-refractivity contribution in [1.29, 1.82) is 5.41 Å². The van der Waals surface area contributed by atoms with Crippen molar-refractivity contribution in [3.05, 3.63) is 83.7 Å². The van der Waals surface area contributed by atoms with E-state index in [1.165, 1.54) is 21.2 Å². The first kappa shape index (κ1) is 27.9. The lowest BCUT2D eigenvalue weighted by Crippen LogP contribution is -2.33. The van der Waals surface area contributed by atoms with Crippen LogP contribution in [0.3, 0.4) is 0 Å². The summed E-state index contributed by atoms with van der Waals surface area (Å²) < 4.78 is 48.9. The second kappa shape index (κ2) is 11.6. The SMILES string of the molecule is CN/C=C(\C=N)c1cccc([S+]([O-])n2cc(CN(C)C(=O)OC(C)(C)C)cc2-c2ccc(F)cc2F)c1. The van der Waals surface area contributed by atoms with Gasteiger partial charge in [-0.15, -0.1) is 0 Å². The van der Waals surface area contributed by atoms with Gasteiger partial charge in [0.2, 0.25) is 0 Å². The van der Waals surface area contributed by atoms with E-state index in [-0.39, 0.29) is 17.8 Å². The fourth-order valence-electron chi connectivity index (χ4n) is 3.55. The molecule has 3 rings (SSSR count). The second-order valence-electron chi connectivity index (χ2n) is 9.33. The van der Waals surface area contributed by atoms with Crippen LogP contribution in [0.2, 0.25) is 0 Å². The molecule has 1 heterocycles. The number of nitrogens with zero attached hydrogens (tertiary/aromatic N) is 2. The Bertz CT molecular complexity index is 1320. The lowest BCUT2D eigenvalue weighted by molar-refractivity contribution is 0.0285.